The van der Waals surface area contributed by atoms with E-state index in [9.17, 15) is 9.59 Å². The molecule has 7 nitrogen and oxygen atoms in total. The topological polar surface area (TPSA) is 71.1 Å². The predicted octanol–water partition coefficient (Wildman–Crippen LogP) is 15.6. The highest BCUT2D eigenvalue weighted by atomic mass is 16.6. The van der Waals surface area contributed by atoms with Crippen molar-refractivity contribution in [3.63, 3.8) is 0 Å². The van der Waals surface area contributed by atoms with Gasteiger partial charge in [-0.25, -0.2) is 4.79 Å². The molecule has 24 aromatic rings. The summed E-state index contributed by atoms with van der Waals surface area (Å²) in [6.07, 6.45) is 0.0780. The molecular formula is C75H29N3O4. The Morgan fingerprint density at radius 3 is 0.756 bits per heavy atom. The summed E-state index contributed by atoms with van der Waals surface area (Å²) < 4.78 is 11.5. The van der Waals surface area contributed by atoms with Gasteiger partial charge in [0.05, 0.1) is 35.2 Å². The number of hydrogen-bond acceptors (Lipinski definition) is 6. The smallest absolute Gasteiger partial charge is 0.407 e. The van der Waals surface area contributed by atoms with Crippen LogP contribution < -0.4 is 5.32 Å². The minimum atomic E-state index is -0.568. The first-order valence-corrected chi connectivity index (χ1v) is 30.7. The molecule has 4 unspecified atom stereocenters. The number of amides is 1. The zero-order valence-electron chi connectivity index (χ0n) is 44.2. The number of nitrogens with one attached hydrogen (secondary N) is 1. The molecule has 8 aliphatic carbocycles. The summed E-state index contributed by atoms with van der Waals surface area (Å²) in [5.41, 5.74) is 11.7. The summed E-state index contributed by atoms with van der Waals surface area (Å²) in [5, 5.41) is 81.3. The largest absolute Gasteiger partial charge is 0.469 e. The van der Waals surface area contributed by atoms with Gasteiger partial charge in [-0.1, -0.05) is 0 Å². The van der Waals surface area contributed by atoms with Gasteiger partial charge in [0, 0.05) is 45.8 Å². The summed E-state index contributed by atoms with van der Waals surface area (Å²) in [4.78, 5) is 32.9. The standard InChI is InChI=1S/C75H29N3O4/c1-71(2,3)82-70(80)76-6-8-78-11-74-63-47-35-23-15-14-18-17-21-29-37(25(17)23)49(47)65(74)55-43(29)32-40-30(21)38-26(18)34-22(14)24-16-19(15)27(35)39-31-20(16)28-36(24)48-46(34)62-50(38)52(40)66-58-45(32)57(55)69-61-59-44-33(41(31)53(51(39)63)67(59)75(69,74)12-78)42(28)54-56(44)68(60(58)61)73(66)10-77(7-5-13(79)81-4)9-72(62,73)64(48)54/h5-12H2,1-4H3,(H,76,80). The third-order valence-electron chi connectivity index (χ3n) is 28.7. The molecule has 0 saturated carbocycles. The Kier molecular flexibility index (Phi) is 3.45. The van der Waals surface area contributed by atoms with Crippen LogP contribution >= 0.6 is 0 Å². The number of benzene rings is 16. The van der Waals surface area contributed by atoms with E-state index in [1.165, 1.54) is 0 Å². The number of carbonyl (C=O) groups is 2. The fourth-order valence-corrected chi connectivity index (χ4v) is 28.5. The highest BCUT2D eigenvalue weighted by Gasteiger charge is 2.77. The summed E-state index contributed by atoms with van der Waals surface area (Å²) in [7, 11) is 1.58. The van der Waals surface area contributed by atoms with Crippen LogP contribution in [0.25, 0.3) is 259 Å². The molecule has 0 aromatic heterocycles. The van der Waals surface area contributed by atoms with Crippen molar-refractivity contribution in [1.82, 2.24) is 15.1 Å². The van der Waals surface area contributed by atoms with Crippen molar-refractivity contribution in [2.75, 3.05) is 52.9 Å². The number of alkyl carbamates (subject to hydrolysis) is 1. The molecule has 7 heteroatoms. The zero-order chi connectivity index (χ0) is 50.9. The van der Waals surface area contributed by atoms with E-state index in [0.29, 0.717) is 19.5 Å². The van der Waals surface area contributed by atoms with E-state index in [-0.39, 0.29) is 33.7 Å². The van der Waals surface area contributed by atoms with Crippen molar-refractivity contribution < 1.29 is 19.1 Å². The van der Waals surface area contributed by atoms with Crippen LogP contribution in [0, 0.1) is 0 Å². The van der Waals surface area contributed by atoms with Gasteiger partial charge in [-0.2, -0.15) is 0 Å². The van der Waals surface area contributed by atoms with Crippen molar-refractivity contribution in [3.8, 4) is 0 Å². The Balaban J connectivity index is 0.962. The van der Waals surface area contributed by atoms with Gasteiger partial charge in [-0.3, -0.25) is 9.69 Å². The van der Waals surface area contributed by atoms with Crippen LogP contribution in [0.1, 0.15) is 71.7 Å². The molecule has 2 heterocycles. The molecule has 368 valence electrons. The minimum Gasteiger partial charge on any atom is -0.469 e. The monoisotopic (exact) mass is 1040 g/mol. The van der Waals surface area contributed by atoms with Crippen LogP contribution in [0.4, 0.5) is 4.79 Å². The lowest BCUT2D eigenvalue weighted by Gasteiger charge is -2.49. The minimum absolute atomic E-state index is 0.105. The quantitative estimate of drug-likeness (QED) is 0.132. The van der Waals surface area contributed by atoms with E-state index in [0.717, 1.165) is 32.7 Å². The van der Waals surface area contributed by atoms with Gasteiger partial charge in [-0.15, -0.1) is 0 Å². The molecule has 2 saturated heterocycles. The number of esters is 1. The third-order valence-corrected chi connectivity index (χ3v) is 28.7. The van der Waals surface area contributed by atoms with E-state index >= 15 is 0 Å². The van der Waals surface area contributed by atoms with Gasteiger partial charge in [0.1, 0.15) is 5.60 Å². The van der Waals surface area contributed by atoms with Crippen molar-refractivity contribution in [3.05, 3.63) is 44.5 Å². The molecular weight excluding hydrogens is 1010 g/mol. The Bertz CT molecular complexity index is 7690. The lowest BCUT2D eigenvalue weighted by Crippen LogP contribution is -2.51. The van der Waals surface area contributed by atoms with Crippen molar-refractivity contribution in [2.24, 2.45) is 0 Å². The third kappa shape index (κ3) is 2.05. The maximum atomic E-state index is 13.6. The summed E-state index contributed by atoms with van der Waals surface area (Å²) in [5.74, 6) is -0.105. The fourth-order valence-electron chi connectivity index (χ4n) is 28.5. The Hall–Kier alpha value is -8.62. The average Bonchev–Trinajstić information content (AvgIpc) is 1.38. The fraction of sp³-hybridized carbons (Fsp3) is 0.227. The predicted molar refractivity (Wildman–Crippen MR) is 331 cm³/mol. The van der Waals surface area contributed by atoms with Crippen LogP contribution in [0.5, 0.6) is 0 Å². The summed E-state index contributed by atoms with van der Waals surface area (Å²) >= 11 is 0. The lowest BCUT2D eigenvalue weighted by molar-refractivity contribution is -0.140. The van der Waals surface area contributed by atoms with Gasteiger partial charge in [0.15, 0.2) is 0 Å². The van der Waals surface area contributed by atoms with E-state index in [4.69, 9.17) is 9.47 Å². The summed E-state index contributed by atoms with van der Waals surface area (Å²) in [6.45, 7) is 11.6. The van der Waals surface area contributed by atoms with Gasteiger partial charge >= 0.3 is 12.1 Å². The van der Waals surface area contributed by atoms with E-state index in [1.54, 1.807) is 310 Å². The first-order chi connectivity index (χ1) is 40.2. The normalized spacial score (nSPS) is 26.2. The number of carbonyl (C=O) groups excluding carboxylic acids is 2. The Labute approximate surface area is 454 Å². The molecule has 82 heavy (non-hydrogen) atoms. The van der Waals surface area contributed by atoms with Crippen LogP contribution in [0.2, 0.25) is 0 Å². The number of likely N-dealkylation sites (tertiary alicyclic amines) is 2. The first kappa shape index (κ1) is 34.6. The SMILES string of the molecule is COC(=O)CCN1CC23c4c5c6c7c8c9c%10c%11c%12c%13c%14c%15c(c6c6c4c4c%16c%17c%18c(c%19c%20c2c5c8c2c%20c5c%19c8c%18c%18c%19c%17c%17c4c6c%15c4c%14c6c%12c%12c%14c%11c(c92)c5c%14c8c%18c%12c6c%19c4%17)C%163C1)C71CN(CCNC(=O)OC(C)(C)C)CC%10%131. The second-order valence-corrected chi connectivity index (χ2v) is 30.8. The van der Waals surface area contributed by atoms with Crippen LogP contribution in [0.15, 0.2) is 0 Å². The van der Waals surface area contributed by atoms with Crippen molar-refractivity contribution in [2.45, 2.75) is 54.5 Å². The Morgan fingerprint density at radius 2 is 0.537 bits per heavy atom. The molecule has 1 amide bonds. The Morgan fingerprint density at radius 1 is 0.341 bits per heavy atom. The van der Waals surface area contributed by atoms with Crippen molar-refractivity contribution >= 4 is 271 Å². The van der Waals surface area contributed by atoms with E-state index in [1.807, 2.05) is 20.8 Å². The number of ether oxygens (including phenoxy) is 2. The zero-order valence-corrected chi connectivity index (χ0v) is 44.2. The maximum Gasteiger partial charge on any atom is 0.407 e. The molecule has 2 aliphatic heterocycles. The van der Waals surface area contributed by atoms with Crippen LogP contribution in [0.3, 0.4) is 0 Å². The van der Waals surface area contributed by atoms with Gasteiger partial charge < -0.3 is 19.7 Å². The van der Waals surface area contributed by atoms with Crippen LogP contribution in [-0.2, 0) is 35.9 Å². The first-order valence-electron chi connectivity index (χ1n) is 30.7. The molecule has 24 aromatic carbocycles. The molecule has 4 spiro atoms. The highest BCUT2D eigenvalue weighted by Crippen LogP contribution is 2.88. The van der Waals surface area contributed by atoms with E-state index < -0.39 is 5.60 Å². The molecule has 10 aliphatic rings. The number of methoxy groups -OCH3 is 1. The average molecular weight is 1040 g/mol. The lowest BCUT2D eigenvalue weighted by atomic mass is 9.50. The molecule has 0 radical (unpaired) electrons. The van der Waals surface area contributed by atoms with E-state index in [2.05, 4.69) is 15.1 Å². The molecule has 4 atom stereocenters. The highest BCUT2D eigenvalue weighted by molar-refractivity contribution is 6.78. The van der Waals surface area contributed by atoms with Gasteiger partial charge in [-0.05, 0) is 324 Å². The second kappa shape index (κ2) is 8.18. The van der Waals surface area contributed by atoms with Gasteiger partial charge in [0.25, 0.3) is 0 Å². The number of hydrogen-bond donors (Lipinski definition) is 1. The maximum absolute atomic E-state index is 13.6. The molecule has 1 N–H and O–H groups in total. The molecule has 34 rings (SSSR count). The molecule has 0 bridgehead atoms. The number of rotatable bonds is 6. The second-order valence-electron chi connectivity index (χ2n) is 30.8. The summed E-state index contributed by atoms with van der Waals surface area (Å²) in [6, 6.07) is 0. The molecule has 2 fully saturated rings. The number of nitrogens with zero attached hydrogens (tertiary/aromatic N) is 2. The van der Waals surface area contributed by atoms with Crippen molar-refractivity contribution in [1.29, 1.82) is 0 Å². The van der Waals surface area contributed by atoms with Crippen LogP contribution in [-0.4, -0.2) is 80.4 Å². The van der Waals surface area contributed by atoms with Gasteiger partial charge in [0.2, 0.25) is 0 Å².